The maximum atomic E-state index is 12.3. The van der Waals surface area contributed by atoms with Gasteiger partial charge in [0.25, 0.3) is 5.91 Å². The summed E-state index contributed by atoms with van der Waals surface area (Å²) in [6.07, 6.45) is 3.33. The lowest BCUT2D eigenvalue weighted by atomic mass is 10.2. The van der Waals surface area contributed by atoms with Gasteiger partial charge >= 0.3 is 0 Å². The Bertz CT molecular complexity index is 914. The number of anilines is 1. The molecule has 0 aliphatic heterocycles. The summed E-state index contributed by atoms with van der Waals surface area (Å²) in [5.74, 6) is -0.198. The average molecular weight is 349 g/mol. The van der Waals surface area contributed by atoms with Crippen LogP contribution in [-0.4, -0.2) is 22.9 Å². The van der Waals surface area contributed by atoms with Crippen molar-refractivity contribution in [1.29, 1.82) is 0 Å². The summed E-state index contributed by atoms with van der Waals surface area (Å²) in [5, 5.41) is 6.93. The Balaban J connectivity index is 1.51. The van der Waals surface area contributed by atoms with Crippen molar-refractivity contribution < 1.29 is 9.59 Å². The molecule has 0 radical (unpaired) electrons. The summed E-state index contributed by atoms with van der Waals surface area (Å²) in [5.41, 5.74) is 2.40. The van der Waals surface area contributed by atoms with E-state index in [-0.39, 0.29) is 11.8 Å². The van der Waals surface area contributed by atoms with Crippen molar-refractivity contribution in [3.8, 4) is 0 Å². The molecule has 0 saturated carbocycles. The van der Waals surface area contributed by atoms with Gasteiger partial charge in [-0.05, 0) is 42.1 Å². The van der Waals surface area contributed by atoms with Gasteiger partial charge in [0.15, 0.2) is 0 Å². The number of hydrogen-bond donors (Lipinski definition) is 2. The Kier molecular flexibility index (Phi) is 5.69. The first-order chi connectivity index (χ1) is 12.7. The first kappa shape index (κ1) is 17.7. The molecule has 26 heavy (non-hydrogen) atoms. The van der Waals surface area contributed by atoms with Crippen LogP contribution >= 0.6 is 0 Å². The van der Waals surface area contributed by atoms with Crippen molar-refractivity contribution >= 4 is 28.4 Å². The van der Waals surface area contributed by atoms with Crippen molar-refractivity contribution in [3.63, 3.8) is 0 Å². The van der Waals surface area contributed by atoms with E-state index in [0.717, 1.165) is 13.0 Å². The minimum atomic E-state index is -0.130. The highest BCUT2D eigenvalue weighted by molar-refractivity contribution is 5.97. The smallest absolute Gasteiger partial charge is 0.251 e. The SMILES string of the molecule is CCC(=O)Nc1cccc(C(=O)NCCCn2ccc3ccccc32)c1. The maximum absolute atomic E-state index is 12.3. The number of aromatic nitrogens is 1. The van der Waals surface area contributed by atoms with Crippen LogP contribution in [0.5, 0.6) is 0 Å². The second-order valence-corrected chi connectivity index (χ2v) is 6.16. The fourth-order valence-electron chi connectivity index (χ4n) is 2.88. The summed E-state index contributed by atoms with van der Waals surface area (Å²) < 4.78 is 2.20. The highest BCUT2D eigenvalue weighted by atomic mass is 16.2. The number of amides is 2. The molecular weight excluding hydrogens is 326 g/mol. The third kappa shape index (κ3) is 4.30. The minimum absolute atomic E-state index is 0.0680. The number of nitrogens with one attached hydrogen (secondary N) is 2. The molecule has 0 spiro atoms. The molecule has 1 heterocycles. The van der Waals surface area contributed by atoms with Crippen molar-refractivity contribution in [3.05, 3.63) is 66.4 Å². The third-order valence-electron chi connectivity index (χ3n) is 4.27. The molecule has 0 bridgehead atoms. The van der Waals surface area contributed by atoms with Gasteiger partial charge in [-0.2, -0.15) is 0 Å². The average Bonchev–Trinajstić information content (AvgIpc) is 3.08. The zero-order valence-electron chi connectivity index (χ0n) is 14.9. The van der Waals surface area contributed by atoms with Crippen LogP contribution in [0.1, 0.15) is 30.1 Å². The number of hydrogen-bond acceptors (Lipinski definition) is 2. The Morgan fingerprint density at radius 1 is 1.04 bits per heavy atom. The lowest BCUT2D eigenvalue weighted by Crippen LogP contribution is -2.25. The van der Waals surface area contributed by atoms with E-state index < -0.39 is 0 Å². The van der Waals surface area contributed by atoms with Crippen LogP contribution in [0.3, 0.4) is 0 Å². The van der Waals surface area contributed by atoms with Gasteiger partial charge in [-0.15, -0.1) is 0 Å². The van der Waals surface area contributed by atoms with Gasteiger partial charge in [0.1, 0.15) is 0 Å². The molecule has 5 heteroatoms. The van der Waals surface area contributed by atoms with Crippen molar-refractivity contribution in [2.45, 2.75) is 26.3 Å². The zero-order valence-corrected chi connectivity index (χ0v) is 14.9. The standard InChI is InChI=1S/C21H23N3O2/c1-2-20(25)23-18-9-5-8-17(15-18)21(26)22-12-6-13-24-14-11-16-7-3-4-10-19(16)24/h3-5,7-11,14-15H,2,6,12-13H2,1H3,(H,22,26)(H,23,25). The summed E-state index contributed by atoms with van der Waals surface area (Å²) in [6.45, 7) is 3.23. The van der Waals surface area contributed by atoms with E-state index in [4.69, 9.17) is 0 Å². The van der Waals surface area contributed by atoms with Crippen LogP contribution in [0, 0.1) is 0 Å². The van der Waals surface area contributed by atoms with Crippen molar-refractivity contribution in [2.24, 2.45) is 0 Å². The Hall–Kier alpha value is -3.08. The number of aryl methyl sites for hydroxylation is 1. The summed E-state index contributed by atoms with van der Waals surface area (Å²) >= 11 is 0. The maximum Gasteiger partial charge on any atom is 0.251 e. The summed E-state index contributed by atoms with van der Waals surface area (Å²) in [7, 11) is 0. The number of carbonyl (C=O) groups is 2. The molecule has 0 saturated heterocycles. The summed E-state index contributed by atoms with van der Waals surface area (Å²) in [4.78, 5) is 23.8. The molecule has 3 aromatic rings. The number of nitrogens with zero attached hydrogens (tertiary/aromatic N) is 1. The van der Waals surface area contributed by atoms with Gasteiger partial charge in [-0.25, -0.2) is 0 Å². The van der Waals surface area contributed by atoms with Crippen LogP contribution < -0.4 is 10.6 Å². The van der Waals surface area contributed by atoms with E-state index in [1.54, 1.807) is 31.2 Å². The van der Waals surface area contributed by atoms with Gasteiger partial charge in [0.05, 0.1) is 0 Å². The molecular formula is C21H23N3O2. The van der Waals surface area contributed by atoms with Gasteiger partial charge < -0.3 is 15.2 Å². The molecule has 0 aliphatic rings. The fraction of sp³-hybridized carbons (Fsp3) is 0.238. The second kappa shape index (κ2) is 8.34. The van der Waals surface area contributed by atoms with Gasteiger partial charge in [-0.1, -0.05) is 31.2 Å². The monoisotopic (exact) mass is 349 g/mol. The van der Waals surface area contributed by atoms with Crippen LogP contribution in [0.4, 0.5) is 5.69 Å². The van der Waals surface area contributed by atoms with E-state index >= 15 is 0 Å². The highest BCUT2D eigenvalue weighted by Crippen LogP contribution is 2.15. The molecule has 2 amide bonds. The van der Waals surface area contributed by atoms with E-state index in [9.17, 15) is 9.59 Å². The van der Waals surface area contributed by atoms with Gasteiger partial charge in [0, 0.05) is 42.5 Å². The normalized spacial score (nSPS) is 10.7. The molecule has 2 aromatic carbocycles. The van der Waals surface area contributed by atoms with E-state index in [1.165, 1.54) is 10.9 Å². The number of fused-ring (bicyclic) bond motifs is 1. The first-order valence-corrected chi connectivity index (χ1v) is 8.89. The number of rotatable bonds is 7. The van der Waals surface area contributed by atoms with Crippen LogP contribution in [0.15, 0.2) is 60.8 Å². The second-order valence-electron chi connectivity index (χ2n) is 6.16. The van der Waals surface area contributed by atoms with E-state index in [1.807, 2.05) is 12.1 Å². The summed E-state index contributed by atoms with van der Waals surface area (Å²) in [6, 6.07) is 17.4. The molecule has 3 rings (SSSR count). The van der Waals surface area contributed by atoms with Gasteiger partial charge in [-0.3, -0.25) is 9.59 Å². The van der Waals surface area contributed by atoms with Crippen molar-refractivity contribution in [2.75, 3.05) is 11.9 Å². The fourth-order valence-corrected chi connectivity index (χ4v) is 2.88. The Morgan fingerprint density at radius 3 is 2.73 bits per heavy atom. The molecule has 5 nitrogen and oxygen atoms in total. The van der Waals surface area contributed by atoms with Gasteiger partial charge in [0.2, 0.25) is 5.91 Å². The van der Waals surface area contributed by atoms with Crippen LogP contribution in [0.25, 0.3) is 10.9 Å². The third-order valence-corrected chi connectivity index (χ3v) is 4.27. The molecule has 1 aromatic heterocycles. The molecule has 0 unspecified atom stereocenters. The van der Waals surface area contributed by atoms with E-state index in [0.29, 0.717) is 24.2 Å². The van der Waals surface area contributed by atoms with Crippen LogP contribution in [0.2, 0.25) is 0 Å². The quantitative estimate of drug-likeness (QED) is 0.637. The van der Waals surface area contributed by atoms with Crippen LogP contribution in [-0.2, 0) is 11.3 Å². The molecule has 0 atom stereocenters. The Morgan fingerprint density at radius 2 is 1.88 bits per heavy atom. The predicted molar refractivity (Wildman–Crippen MR) is 104 cm³/mol. The number of carbonyl (C=O) groups excluding carboxylic acids is 2. The lowest BCUT2D eigenvalue weighted by Gasteiger charge is -2.09. The molecule has 0 fully saturated rings. The van der Waals surface area contributed by atoms with E-state index in [2.05, 4.69) is 39.6 Å². The predicted octanol–water partition coefficient (Wildman–Crippen LogP) is 3.81. The molecule has 0 aliphatic carbocycles. The lowest BCUT2D eigenvalue weighted by molar-refractivity contribution is -0.115. The first-order valence-electron chi connectivity index (χ1n) is 8.89. The number of benzene rings is 2. The number of para-hydroxylation sites is 1. The van der Waals surface area contributed by atoms with Crippen molar-refractivity contribution in [1.82, 2.24) is 9.88 Å². The highest BCUT2D eigenvalue weighted by Gasteiger charge is 2.07. The zero-order chi connectivity index (χ0) is 18.4. The topological polar surface area (TPSA) is 63.1 Å². The minimum Gasteiger partial charge on any atom is -0.352 e. The molecule has 2 N–H and O–H groups in total. The Labute approximate surface area is 153 Å². The molecule has 134 valence electrons. The largest absolute Gasteiger partial charge is 0.352 e.